The van der Waals surface area contributed by atoms with Crippen LogP contribution in [0.5, 0.6) is 0 Å². The standard InChI is InChI=1S/C11H15NO5S/c1-6-7(2)18-9(8(6)10(14)16-3)12-11(15)17-5-4-13/h13H,4-5H2,1-3H3,(H,12,15). The molecule has 1 aromatic heterocycles. The van der Waals surface area contributed by atoms with E-state index >= 15 is 0 Å². The zero-order valence-corrected chi connectivity index (χ0v) is 11.2. The Morgan fingerprint density at radius 2 is 2.06 bits per heavy atom. The van der Waals surface area contributed by atoms with Gasteiger partial charge in [0.25, 0.3) is 0 Å². The number of thiophene rings is 1. The predicted octanol–water partition coefficient (Wildman–Crippen LogP) is 1.69. The summed E-state index contributed by atoms with van der Waals surface area (Å²) in [5.74, 6) is -0.505. The van der Waals surface area contributed by atoms with Crippen LogP contribution in [-0.4, -0.2) is 37.5 Å². The molecule has 0 aliphatic heterocycles. The molecule has 1 amide bonds. The number of methoxy groups -OCH3 is 1. The Bertz CT molecular complexity index is 455. The minimum Gasteiger partial charge on any atom is -0.465 e. The molecule has 1 rings (SSSR count). The van der Waals surface area contributed by atoms with E-state index in [1.165, 1.54) is 18.4 Å². The van der Waals surface area contributed by atoms with Crippen LogP contribution in [0.3, 0.4) is 0 Å². The van der Waals surface area contributed by atoms with Gasteiger partial charge in [-0.15, -0.1) is 11.3 Å². The van der Waals surface area contributed by atoms with E-state index in [1.807, 2.05) is 6.92 Å². The van der Waals surface area contributed by atoms with Gasteiger partial charge < -0.3 is 14.6 Å². The molecule has 18 heavy (non-hydrogen) atoms. The number of esters is 1. The Morgan fingerprint density at radius 1 is 1.39 bits per heavy atom. The maximum Gasteiger partial charge on any atom is 0.412 e. The molecule has 0 aromatic carbocycles. The largest absolute Gasteiger partial charge is 0.465 e. The second-order valence-corrected chi connectivity index (χ2v) is 4.69. The zero-order valence-electron chi connectivity index (χ0n) is 10.4. The molecular formula is C11H15NO5S. The number of rotatable bonds is 4. The Hall–Kier alpha value is -1.60. The first-order chi connectivity index (χ1) is 8.51. The highest BCUT2D eigenvalue weighted by molar-refractivity contribution is 7.16. The van der Waals surface area contributed by atoms with Gasteiger partial charge in [-0.25, -0.2) is 9.59 Å². The van der Waals surface area contributed by atoms with Gasteiger partial charge in [0.05, 0.1) is 19.3 Å². The van der Waals surface area contributed by atoms with Gasteiger partial charge in [0, 0.05) is 4.88 Å². The van der Waals surface area contributed by atoms with Crippen molar-refractivity contribution in [3.63, 3.8) is 0 Å². The van der Waals surface area contributed by atoms with Crippen LogP contribution < -0.4 is 5.32 Å². The highest BCUT2D eigenvalue weighted by atomic mass is 32.1. The van der Waals surface area contributed by atoms with Gasteiger partial charge in [-0.2, -0.15) is 0 Å². The van der Waals surface area contributed by atoms with Gasteiger partial charge in [-0.05, 0) is 19.4 Å². The summed E-state index contributed by atoms with van der Waals surface area (Å²) < 4.78 is 9.34. The van der Waals surface area contributed by atoms with Crippen molar-refractivity contribution in [1.29, 1.82) is 0 Å². The Kier molecular flexibility index (Phi) is 5.11. The summed E-state index contributed by atoms with van der Waals surface area (Å²) in [4.78, 5) is 23.9. The molecule has 0 aliphatic carbocycles. The van der Waals surface area contributed by atoms with Crippen LogP contribution >= 0.6 is 11.3 Å². The van der Waals surface area contributed by atoms with Crippen LogP contribution in [0.2, 0.25) is 0 Å². The maximum atomic E-state index is 11.6. The topological polar surface area (TPSA) is 84.9 Å². The average Bonchev–Trinajstić information content (AvgIpc) is 2.61. The highest BCUT2D eigenvalue weighted by Crippen LogP contribution is 2.32. The van der Waals surface area contributed by atoms with Crippen molar-refractivity contribution >= 4 is 28.4 Å². The van der Waals surface area contributed by atoms with Crippen LogP contribution in [0.1, 0.15) is 20.8 Å². The van der Waals surface area contributed by atoms with Crippen LogP contribution in [0.4, 0.5) is 9.80 Å². The van der Waals surface area contributed by atoms with Crippen molar-refractivity contribution in [2.45, 2.75) is 13.8 Å². The zero-order chi connectivity index (χ0) is 13.7. The molecule has 0 spiro atoms. The fourth-order valence-corrected chi connectivity index (χ4v) is 2.36. The number of hydrogen-bond acceptors (Lipinski definition) is 6. The van der Waals surface area contributed by atoms with Gasteiger partial charge >= 0.3 is 12.1 Å². The van der Waals surface area contributed by atoms with Gasteiger partial charge in [0.15, 0.2) is 0 Å². The monoisotopic (exact) mass is 273 g/mol. The molecule has 0 bridgehead atoms. The Balaban J connectivity index is 2.91. The molecule has 2 N–H and O–H groups in total. The summed E-state index contributed by atoms with van der Waals surface area (Å²) >= 11 is 1.27. The Labute approximate surface area is 109 Å². The molecule has 6 nitrogen and oxygen atoms in total. The van der Waals surface area contributed by atoms with Gasteiger partial charge in [0.2, 0.25) is 0 Å². The minimum atomic E-state index is -0.713. The maximum absolute atomic E-state index is 11.6. The van der Waals surface area contributed by atoms with Crippen LogP contribution in [0.25, 0.3) is 0 Å². The summed E-state index contributed by atoms with van der Waals surface area (Å²) in [5.41, 5.74) is 1.10. The first-order valence-electron chi connectivity index (χ1n) is 5.24. The van der Waals surface area contributed by atoms with E-state index < -0.39 is 12.1 Å². The Morgan fingerprint density at radius 3 is 2.61 bits per heavy atom. The minimum absolute atomic E-state index is 0.0945. The molecule has 100 valence electrons. The van der Waals surface area contributed by atoms with Crippen molar-refractivity contribution < 1.29 is 24.2 Å². The number of hydrogen-bond donors (Lipinski definition) is 2. The molecule has 0 saturated carbocycles. The lowest BCUT2D eigenvalue weighted by Crippen LogP contribution is -2.17. The molecule has 7 heteroatoms. The molecule has 0 radical (unpaired) electrons. The lowest BCUT2D eigenvalue weighted by molar-refractivity contribution is 0.0601. The summed E-state index contributed by atoms with van der Waals surface area (Å²) in [7, 11) is 1.28. The second-order valence-electron chi connectivity index (χ2n) is 3.46. The third-order valence-corrected chi connectivity index (χ3v) is 3.44. The number of aryl methyl sites for hydroxylation is 1. The number of aliphatic hydroxyl groups is 1. The normalized spacial score (nSPS) is 10.0. The summed E-state index contributed by atoms with van der Waals surface area (Å²) in [6, 6.07) is 0. The predicted molar refractivity (Wildman–Crippen MR) is 67.2 cm³/mol. The van der Waals surface area contributed by atoms with Crippen molar-refractivity contribution in [3.8, 4) is 0 Å². The fraction of sp³-hybridized carbons (Fsp3) is 0.455. The van der Waals surface area contributed by atoms with Crippen LogP contribution in [-0.2, 0) is 9.47 Å². The van der Waals surface area contributed by atoms with E-state index in [9.17, 15) is 9.59 Å². The number of ether oxygens (including phenoxy) is 2. The van der Waals surface area contributed by atoms with E-state index in [2.05, 4.69) is 14.8 Å². The van der Waals surface area contributed by atoms with E-state index in [0.29, 0.717) is 10.6 Å². The molecule has 1 aromatic rings. The van der Waals surface area contributed by atoms with E-state index in [0.717, 1.165) is 10.4 Å². The number of carbonyl (C=O) groups is 2. The molecule has 0 aliphatic rings. The van der Waals surface area contributed by atoms with E-state index in [4.69, 9.17) is 5.11 Å². The van der Waals surface area contributed by atoms with Crippen molar-refractivity contribution in [3.05, 3.63) is 16.0 Å². The number of carbonyl (C=O) groups excluding carboxylic acids is 2. The number of anilines is 1. The number of aliphatic hydroxyl groups excluding tert-OH is 1. The summed E-state index contributed by atoms with van der Waals surface area (Å²) in [5, 5.41) is 11.4. The SMILES string of the molecule is COC(=O)c1c(NC(=O)OCCO)sc(C)c1C. The smallest absolute Gasteiger partial charge is 0.412 e. The third-order valence-electron chi connectivity index (χ3n) is 2.31. The summed E-state index contributed by atoms with van der Waals surface area (Å²) in [6.45, 7) is 3.28. The molecular weight excluding hydrogens is 258 g/mol. The molecule has 0 fully saturated rings. The number of nitrogens with one attached hydrogen (secondary N) is 1. The molecule has 0 unspecified atom stereocenters. The molecule has 0 atom stereocenters. The summed E-state index contributed by atoms with van der Waals surface area (Å²) in [6.07, 6.45) is -0.713. The highest BCUT2D eigenvalue weighted by Gasteiger charge is 2.21. The van der Waals surface area contributed by atoms with Crippen molar-refractivity contribution in [2.24, 2.45) is 0 Å². The van der Waals surface area contributed by atoms with E-state index in [-0.39, 0.29) is 13.2 Å². The second kappa shape index (κ2) is 6.36. The van der Waals surface area contributed by atoms with Gasteiger partial charge in [-0.3, -0.25) is 5.32 Å². The fourth-order valence-electron chi connectivity index (χ4n) is 1.33. The molecule has 0 saturated heterocycles. The average molecular weight is 273 g/mol. The quantitative estimate of drug-likeness (QED) is 0.815. The van der Waals surface area contributed by atoms with Crippen molar-refractivity contribution in [2.75, 3.05) is 25.6 Å². The van der Waals surface area contributed by atoms with Crippen LogP contribution in [0.15, 0.2) is 0 Å². The first-order valence-corrected chi connectivity index (χ1v) is 6.05. The van der Waals surface area contributed by atoms with E-state index in [1.54, 1.807) is 6.92 Å². The van der Waals surface area contributed by atoms with Gasteiger partial charge in [-0.1, -0.05) is 0 Å². The lowest BCUT2D eigenvalue weighted by atomic mass is 10.1. The number of amides is 1. The molecule has 1 heterocycles. The lowest BCUT2D eigenvalue weighted by Gasteiger charge is -2.06. The third kappa shape index (κ3) is 3.21. The first kappa shape index (κ1) is 14.5. The van der Waals surface area contributed by atoms with Crippen LogP contribution in [0, 0.1) is 13.8 Å². The van der Waals surface area contributed by atoms with Crippen molar-refractivity contribution in [1.82, 2.24) is 0 Å². The van der Waals surface area contributed by atoms with Gasteiger partial charge in [0.1, 0.15) is 11.6 Å².